The fourth-order valence-corrected chi connectivity index (χ4v) is 1.78. The molecule has 1 aromatic rings. The van der Waals surface area contributed by atoms with Gasteiger partial charge in [0, 0.05) is 7.05 Å². The van der Waals surface area contributed by atoms with Crippen LogP contribution in [-0.4, -0.2) is 36.3 Å². The second-order valence-corrected chi connectivity index (χ2v) is 5.00. The smallest absolute Gasteiger partial charge is 0.416 e. The summed E-state index contributed by atoms with van der Waals surface area (Å²) < 4.78 is 4.71. The van der Waals surface area contributed by atoms with Crippen molar-refractivity contribution in [3.8, 4) is 6.07 Å². The van der Waals surface area contributed by atoms with Crippen molar-refractivity contribution in [2.24, 2.45) is 5.10 Å². The molecule has 122 valence electrons. The maximum absolute atomic E-state index is 12.0. The van der Waals surface area contributed by atoms with E-state index < -0.39 is 17.7 Å². The van der Waals surface area contributed by atoms with Crippen LogP contribution in [0.4, 0.5) is 10.5 Å². The predicted molar refractivity (Wildman–Crippen MR) is 87.1 cm³/mol. The largest absolute Gasteiger partial charge is 0.449 e. The van der Waals surface area contributed by atoms with Crippen LogP contribution in [0.25, 0.3) is 0 Å². The number of carbonyl (C=O) groups excluding carboxylic acids is 2. The molecular formula is C16H20N4O3. The molecule has 0 fully saturated rings. The predicted octanol–water partition coefficient (Wildman–Crippen LogP) is 2.52. The van der Waals surface area contributed by atoms with Crippen molar-refractivity contribution in [2.75, 3.05) is 19.1 Å². The molecule has 0 unspecified atom stereocenters. The Morgan fingerprint density at radius 2 is 1.87 bits per heavy atom. The van der Waals surface area contributed by atoms with E-state index in [9.17, 15) is 9.59 Å². The van der Waals surface area contributed by atoms with Crippen LogP contribution in [0, 0.1) is 32.1 Å². The summed E-state index contributed by atoms with van der Waals surface area (Å²) in [5.74, 6) is -0.833. The van der Waals surface area contributed by atoms with Crippen LogP contribution < -0.4 is 5.43 Å². The fraction of sp³-hybridized carbons (Fsp3) is 0.375. The molecule has 23 heavy (non-hydrogen) atoms. The average molecular weight is 316 g/mol. The maximum Gasteiger partial charge on any atom is 0.416 e. The van der Waals surface area contributed by atoms with Crippen molar-refractivity contribution < 1.29 is 14.3 Å². The molecule has 0 spiro atoms. The molecular weight excluding hydrogens is 296 g/mol. The molecule has 0 radical (unpaired) electrons. The number of carbonyl (C=O) groups is 2. The quantitative estimate of drug-likeness (QED) is 0.680. The van der Waals surface area contributed by atoms with E-state index in [1.807, 2.05) is 32.9 Å². The Bertz CT molecular complexity index is 689. The van der Waals surface area contributed by atoms with Gasteiger partial charge in [0.1, 0.15) is 6.07 Å². The molecule has 0 atom stereocenters. The summed E-state index contributed by atoms with van der Waals surface area (Å²) in [4.78, 5) is 24.3. The molecule has 1 N–H and O–H groups in total. The highest BCUT2D eigenvalue weighted by molar-refractivity contribution is 6.46. The molecule has 0 saturated heterocycles. The Labute approximate surface area is 135 Å². The molecule has 0 heterocycles. The SMILES string of the molecule is CCOC(=O)N(C)C(=O)/C(C#N)=N/Nc1cc(C)c(C)cc1C. The van der Waals surface area contributed by atoms with E-state index in [0.717, 1.165) is 16.7 Å². The van der Waals surface area contributed by atoms with Crippen LogP contribution in [0.3, 0.4) is 0 Å². The Morgan fingerprint density at radius 1 is 1.26 bits per heavy atom. The molecule has 1 rings (SSSR count). The molecule has 7 nitrogen and oxygen atoms in total. The summed E-state index contributed by atoms with van der Waals surface area (Å²) in [6.45, 7) is 7.60. The van der Waals surface area contributed by atoms with Crippen molar-refractivity contribution in [3.05, 3.63) is 28.8 Å². The summed E-state index contributed by atoms with van der Waals surface area (Å²) in [6.07, 6.45) is -0.831. The minimum absolute atomic E-state index is 0.134. The lowest BCUT2D eigenvalue weighted by Crippen LogP contribution is -2.38. The van der Waals surface area contributed by atoms with E-state index in [4.69, 9.17) is 10.00 Å². The van der Waals surface area contributed by atoms with Crippen molar-refractivity contribution in [2.45, 2.75) is 27.7 Å². The van der Waals surface area contributed by atoms with Crippen molar-refractivity contribution >= 4 is 23.4 Å². The summed E-state index contributed by atoms with van der Waals surface area (Å²) in [5, 5.41) is 12.9. The number of amides is 2. The number of hydrogen-bond donors (Lipinski definition) is 1. The Balaban J connectivity index is 2.96. The Kier molecular flexibility index (Phi) is 6.27. The molecule has 0 aliphatic rings. The van der Waals surface area contributed by atoms with Crippen LogP contribution in [0.1, 0.15) is 23.6 Å². The first-order valence-electron chi connectivity index (χ1n) is 7.08. The number of nitrogens with zero attached hydrogens (tertiary/aromatic N) is 3. The second-order valence-electron chi connectivity index (χ2n) is 5.00. The number of hydrogen-bond acceptors (Lipinski definition) is 6. The zero-order valence-electron chi connectivity index (χ0n) is 13.9. The number of nitrogens with one attached hydrogen (secondary N) is 1. The molecule has 7 heteroatoms. The molecule has 0 aromatic heterocycles. The molecule has 0 saturated carbocycles. The first-order chi connectivity index (χ1) is 10.8. The van der Waals surface area contributed by atoms with Gasteiger partial charge in [0.2, 0.25) is 5.71 Å². The highest BCUT2D eigenvalue weighted by Crippen LogP contribution is 2.20. The molecule has 2 amide bonds. The zero-order chi connectivity index (χ0) is 17.6. The van der Waals surface area contributed by atoms with Crippen LogP contribution in [0.2, 0.25) is 0 Å². The van der Waals surface area contributed by atoms with Crippen LogP contribution in [0.5, 0.6) is 0 Å². The minimum atomic E-state index is -0.833. The maximum atomic E-state index is 12.0. The van der Waals surface area contributed by atoms with Gasteiger partial charge in [0.15, 0.2) is 0 Å². The van der Waals surface area contributed by atoms with Gasteiger partial charge in [0.25, 0.3) is 5.91 Å². The summed E-state index contributed by atoms with van der Waals surface area (Å²) in [6, 6.07) is 5.54. The minimum Gasteiger partial charge on any atom is -0.449 e. The Morgan fingerprint density at radius 3 is 2.43 bits per heavy atom. The molecule has 1 aromatic carbocycles. The van der Waals surface area contributed by atoms with Gasteiger partial charge in [-0.3, -0.25) is 10.2 Å². The standard InChI is InChI=1S/C16H20N4O3/c1-6-23-16(22)20(5)15(21)14(9-17)19-18-13-8-11(3)10(2)7-12(13)4/h7-8,18H,6H2,1-5H3/b19-14+. The zero-order valence-corrected chi connectivity index (χ0v) is 13.9. The summed E-state index contributed by atoms with van der Waals surface area (Å²) in [5.41, 5.74) is 6.08. The third kappa shape index (κ3) is 4.54. The number of hydrazone groups is 1. The van der Waals surface area contributed by atoms with E-state index >= 15 is 0 Å². The second kappa shape index (κ2) is 7.94. The number of rotatable bonds is 4. The van der Waals surface area contributed by atoms with E-state index in [0.29, 0.717) is 10.6 Å². The van der Waals surface area contributed by atoms with Crippen LogP contribution in [0.15, 0.2) is 17.2 Å². The third-order valence-electron chi connectivity index (χ3n) is 3.28. The van der Waals surface area contributed by atoms with Gasteiger partial charge in [0.05, 0.1) is 12.3 Å². The lowest BCUT2D eigenvalue weighted by Gasteiger charge is -2.13. The van der Waals surface area contributed by atoms with Gasteiger partial charge in [-0.2, -0.15) is 10.4 Å². The van der Waals surface area contributed by atoms with E-state index in [1.54, 1.807) is 13.0 Å². The number of anilines is 1. The monoisotopic (exact) mass is 316 g/mol. The molecule has 0 aliphatic heterocycles. The highest BCUT2D eigenvalue weighted by Gasteiger charge is 2.23. The van der Waals surface area contributed by atoms with Gasteiger partial charge in [-0.15, -0.1) is 0 Å². The van der Waals surface area contributed by atoms with Gasteiger partial charge >= 0.3 is 6.09 Å². The van der Waals surface area contributed by atoms with Gasteiger partial charge in [-0.25, -0.2) is 9.69 Å². The average Bonchev–Trinajstić information content (AvgIpc) is 2.51. The van der Waals surface area contributed by atoms with Crippen molar-refractivity contribution in [1.29, 1.82) is 5.26 Å². The van der Waals surface area contributed by atoms with Crippen LogP contribution >= 0.6 is 0 Å². The van der Waals surface area contributed by atoms with Crippen LogP contribution in [-0.2, 0) is 9.53 Å². The fourth-order valence-electron chi connectivity index (χ4n) is 1.78. The Hall–Kier alpha value is -2.88. The summed E-state index contributed by atoms with van der Waals surface area (Å²) in [7, 11) is 1.23. The number of aryl methyl sites for hydroxylation is 3. The van der Waals surface area contributed by atoms with Gasteiger partial charge < -0.3 is 4.74 Å². The topological polar surface area (TPSA) is 94.8 Å². The highest BCUT2D eigenvalue weighted by atomic mass is 16.6. The van der Waals surface area contributed by atoms with E-state index in [1.165, 1.54) is 7.05 Å². The number of nitriles is 1. The number of imide groups is 1. The van der Waals surface area contributed by atoms with E-state index in [2.05, 4.69) is 10.5 Å². The normalized spacial score (nSPS) is 10.7. The van der Waals surface area contributed by atoms with Gasteiger partial charge in [-0.1, -0.05) is 6.07 Å². The lowest BCUT2D eigenvalue weighted by molar-refractivity contribution is -0.121. The summed E-state index contributed by atoms with van der Waals surface area (Å²) >= 11 is 0. The lowest BCUT2D eigenvalue weighted by atomic mass is 10.1. The molecule has 0 bridgehead atoms. The molecule has 0 aliphatic carbocycles. The van der Waals surface area contributed by atoms with Crippen molar-refractivity contribution in [1.82, 2.24) is 4.90 Å². The van der Waals surface area contributed by atoms with Crippen molar-refractivity contribution in [3.63, 3.8) is 0 Å². The first-order valence-corrected chi connectivity index (χ1v) is 7.08. The van der Waals surface area contributed by atoms with Gasteiger partial charge in [-0.05, 0) is 50.5 Å². The van der Waals surface area contributed by atoms with E-state index in [-0.39, 0.29) is 6.61 Å². The third-order valence-corrected chi connectivity index (χ3v) is 3.28. The number of benzene rings is 1. The number of ether oxygens (including phenoxy) is 1. The first kappa shape index (κ1) is 18.2.